The van der Waals surface area contributed by atoms with Crippen LogP contribution in [0.4, 0.5) is 0 Å². The first-order valence-electron chi connectivity index (χ1n) is 7.66. The van der Waals surface area contributed by atoms with E-state index in [1.165, 1.54) is 0 Å². The molecule has 2 aromatic rings. The van der Waals surface area contributed by atoms with E-state index in [0.29, 0.717) is 22.9 Å². The summed E-state index contributed by atoms with van der Waals surface area (Å²) >= 11 is 5.80. The van der Waals surface area contributed by atoms with Crippen LogP contribution in [0.2, 0.25) is 5.02 Å². The van der Waals surface area contributed by atoms with Gasteiger partial charge in [-0.2, -0.15) is 0 Å². The van der Waals surface area contributed by atoms with E-state index in [-0.39, 0.29) is 24.3 Å². The van der Waals surface area contributed by atoms with Crippen molar-refractivity contribution in [1.82, 2.24) is 0 Å². The van der Waals surface area contributed by atoms with E-state index in [1.807, 2.05) is 13.8 Å². The van der Waals surface area contributed by atoms with E-state index in [0.717, 1.165) is 5.56 Å². The molecule has 0 fully saturated rings. The SMILES string of the molecule is CC(C)COC(=O)c1ccc(OC(=O)Cc2ccc(Cl)cc2)cc1. The second-order valence-corrected chi connectivity index (χ2v) is 6.23. The standard InChI is InChI=1S/C19H19ClO4/c1-13(2)12-23-19(22)15-5-9-17(10-6-15)24-18(21)11-14-3-7-16(20)8-4-14/h3-10,13H,11-12H2,1-2H3. The molecule has 0 aliphatic carbocycles. The minimum Gasteiger partial charge on any atom is -0.462 e. The number of esters is 2. The summed E-state index contributed by atoms with van der Waals surface area (Å²) in [7, 11) is 0. The molecule has 2 rings (SSSR count). The summed E-state index contributed by atoms with van der Waals surface area (Å²) < 4.78 is 10.4. The van der Waals surface area contributed by atoms with Gasteiger partial charge in [0.2, 0.25) is 0 Å². The van der Waals surface area contributed by atoms with Crippen molar-refractivity contribution in [1.29, 1.82) is 0 Å². The third-order valence-electron chi connectivity index (χ3n) is 3.13. The lowest BCUT2D eigenvalue weighted by Crippen LogP contribution is -2.12. The van der Waals surface area contributed by atoms with E-state index in [4.69, 9.17) is 21.1 Å². The van der Waals surface area contributed by atoms with Crippen LogP contribution >= 0.6 is 11.6 Å². The Morgan fingerprint density at radius 3 is 2.21 bits per heavy atom. The van der Waals surface area contributed by atoms with Gasteiger partial charge in [-0.3, -0.25) is 4.79 Å². The molecule has 4 nitrogen and oxygen atoms in total. The topological polar surface area (TPSA) is 52.6 Å². The monoisotopic (exact) mass is 346 g/mol. The molecule has 24 heavy (non-hydrogen) atoms. The second-order valence-electron chi connectivity index (χ2n) is 5.79. The molecule has 0 radical (unpaired) electrons. The Bertz CT molecular complexity index is 690. The molecule has 0 aliphatic rings. The van der Waals surface area contributed by atoms with Crippen LogP contribution in [-0.4, -0.2) is 18.5 Å². The number of rotatable bonds is 6. The second kappa shape index (κ2) is 8.50. The van der Waals surface area contributed by atoms with E-state index < -0.39 is 0 Å². The maximum atomic E-state index is 11.9. The van der Waals surface area contributed by atoms with Crippen LogP contribution in [0.25, 0.3) is 0 Å². The fourth-order valence-corrected chi connectivity index (χ4v) is 2.05. The summed E-state index contributed by atoms with van der Waals surface area (Å²) in [6.45, 7) is 4.31. The molecule has 0 N–H and O–H groups in total. The van der Waals surface area contributed by atoms with Crippen molar-refractivity contribution in [3.63, 3.8) is 0 Å². The Morgan fingerprint density at radius 1 is 1.00 bits per heavy atom. The molecule has 5 heteroatoms. The van der Waals surface area contributed by atoms with Gasteiger partial charge < -0.3 is 9.47 Å². The first-order valence-corrected chi connectivity index (χ1v) is 8.04. The first kappa shape index (κ1) is 18.0. The molecule has 0 aliphatic heterocycles. The summed E-state index contributed by atoms with van der Waals surface area (Å²) in [4.78, 5) is 23.7. The molecule has 0 aromatic heterocycles. The van der Waals surface area contributed by atoms with Crippen LogP contribution in [0, 0.1) is 5.92 Å². The summed E-state index contributed by atoms with van der Waals surface area (Å²) in [6.07, 6.45) is 0.148. The molecule has 126 valence electrons. The van der Waals surface area contributed by atoms with Crippen LogP contribution in [-0.2, 0) is 16.0 Å². The normalized spacial score (nSPS) is 10.5. The van der Waals surface area contributed by atoms with Gasteiger partial charge in [-0.25, -0.2) is 4.79 Å². The zero-order valence-corrected chi connectivity index (χ0v) is 14.4. The Balaban J connectivity index is 1.89. The maximum Gasteiger partial charge on any atom is 0.338 e. The highest BCUT2D eigenvalue weighted by Gasteiger charge is 2.10. The van der Waals surface area contributed by atoms with Gasteiger partial charge in [0.05, 0.1) is 18.6 Å². The van der Waals surface area contributed by atoms with Crippen molar-refractivity contribution < 1.29 is 19.1 Å². The summed E-state index contributed by atoms with van der Waals surface area (Å²) in [6, 6.07) is 13.3. The fraction of sp³-hybridized carbons (Fsp3) is 0.263. The quantitative estimate of drug-likeness (QED) is 0.578. The van der Waals surface area contributed by atoms with Gasteiger partial charge in [0.25, 0.3) is 0 Å². The lowest BCUT2D eigenvalue weighted by molar-refractivity contribution is -0.133. The van der Waals surface area contributed by atoms with Crippen molar-refractivity contribution in [2.24, 2.45) is 5.92 Å². The summed E-state index contributed by atoms with van der Waals surface area (Å²) in [5.41, 5.74) is 1.24. The smallest absolute Gasteiger partial charge is 0.338 e. The minimum absolute atomic E-state index is 0.148. The van der Waals surface area contributed by atoms with Crippen molar-refractivity contribution in [3.8, 4) is 5.75 Å². The van der Waals surface area contributed by atoms with E-state index in [1.54, 1.807) is 48.5 Å². The summed E-state index contributed by atoms with van der Waals surface area (Å²) in [5, 5.41) is 0.618. The van der Waals surface area contributed by atoms with Crippen molar-refractivity contribution in [2.45, 2.75) is 20.3 Å². The maximum absolute atomic E-state index is 11.9. The van der Waals surface area contributed by atoms with Gasteiger partial charge in [-0.1, -0.05) is 37.6 Å². The highest BCUT2D eigenvalue weighted by molar-refractivity contribution is 6.30. The number of halogens is 1. The van der Waals surface area contributed by atoms with Gasteiger partial charge in [-0.05, 0) is 47.9 Å². The highest BCUT2D eigenvalue weighted by Crippen LogP contribution is 2.15. The number of hydrogen-bond acceptors (Lipinski definition) is 4. The van der Waals surface area contributed by atoms with E-state index >= 15 is 0 Å². The Kier molecular flexibility index (Phi) is 6.38. The Labute approximate surface area is 146 Å². The van der Waals surface area contributed by atoms with Crippen LogP contribution < -0.4 is 4.74 Å². The highest BCUT2D eigenvalue weighted by atomic mass is 35.5. The van der Waals surface area contributed by atoms with E-state index in [9.17, 15) is 9.59 Å². The molecule has 0 saturated heterocycles. The molecule has 0 bridgehead atoms. The van der Waals surface area contributed by atoms with Gasteiger partial charge in [0.1, 0.15) is 5.75 Å². The first-order chi connectivity index (χ1) is 11.4. The lowest BCUT2D eigenvalue weighted by Gasteiger charge is -2.08. The molecular weight excluding hydrogens is 328 g/mol. The predicted octanol–water partition coefficient (Wildman–Crippen LogP) is 4.30. The molecular formula is C19H19ClO4. The van der Waals surface area contributed by atoms with Crippen LogP contribution in [0.15, 0.2) is 48.5 Å². The van der Waals surface area contributed by atoms with Crippen molar-refractivity contribution >= 4 is 23.5 Å². The van der Waals surface area contributed by atoms with Crippen molar-refractivity contribution in [3.05, 3.63) is 64.7 Å². The third kappa shape index (κ3) is 5.70. The van der Waals surface area contributed by atoms with Gasteiger partial charge in [0.15, 0.2) is 0 Å². The van der Waals surface area contributed by atoms with Crippen LogP contribution in [0.1, 0.15) is 29.8 Å². The lowest BCUT2D eigenvalue weighted by atomic mass is 10.1. The van der Waals surface area contributed by atoms with Crippen molar-refractivity contribution in [2.75, 3.05) is 6.61 Å². The average Bonchev–Trinajstić information content (AvgIpc) is 2.55. The third-order valence-corrected chi connectivity index (χ3v) is 3.38. The fourth-order valence-electron chi connectivity index (χ4n) is 1.92. The number of ether oxygens (including phenoxy) is 2. The predicted molar refractivity (Wildman–Crippen MR) is 92.4 cm³/mol. The van der Waals surface area contributed by atoms with Gasteiger partial charge in [0, 0.05) is 5.02 Å². The number of benzene rings is 2. The average molecular weight is 347 g/mol. The van der Waals surface area contributed by atoms with Gasteiger partial charge in [-0.15, -0.1) is 0 Å². The number of carbonyl (C=O) groups is 2. The Hall–Kier alpha value is -2.33. The zero-order valence-electron chi connectivity index (χ0n) is 13.6. The molecule has 0 unspecified atom stereocenters. The Morgan fingerprint density at radius 2 is 1.62 bits per heavy atom. The molecule has 0 saturated carbocycles. The largest absolute Gasteiger partial charge is 0.462 e. The molecule has 0 spiro atoms. The number of hydrogen-bond donors (Lipinski definition) is 0. The van der Waals surface area contributed by atoms with Gasteiger partial charge >= 0.3 is 11.9 Å². The summed E-state index contributed by atoms with van der Waals surface area (Å²) in [5.74, 6) is -0.105. The van der Waals surface area contributed by atoms with Crippen LogP contribution in [0.5, 0.6) is 5.75 Å². The molecule has 0 heterocycles. The molecule has 0 atom stereocenters. The number of carbonyl (C=O) groups excluding carboxylic acids is 2. The zero-order chi connectivity index (χ0) is 17.5. The van der Waals surface area contributed by atoms with E-state index in [2.05, 4.69) is 0 Å². The minimum atomic E-state index is -0.386. The molecule has 0 amide bonds. The van der Waals surface area contributed by atoms with Crippen LogP contribution in [0.3, 0.4) is 0 Å². The molecule has 2 aromatic carbocycles.